The van der Waals surface area contributed by atoms with E-state index >= 15 is 0 Å². The zero-order chi connectivity index (χ0) is 12.0. The van der Waals surface area contributed by atoms with Crippen molar-refractivity contribution >= 4 is 11.4 Å². The van der Waals surface area contributed by atoms with Crippen LogP contribution in [0, 0.1) is 17.0 Å². The van der Waals surface area contributed by atoms with Crippen LogP contribution in [-0.4, -0.2) is 18.0 Å². The Bertz CT molecular complexity index is 402. The number of nitrogens with zero attached hydrogens (tertiary/aromatic N) is 1. The minimum absolute atomic E-state index is 0.0983. The van der Waals surface area contributed by atoms with E-state index < -0.39 is 0 Å². The number of benzene rings is 1. The van der Waals surface area contributed by atoms with E-state index in [2.05, 4.69) is 5.32 Å². The monoisotopic (exact) mass is 221 g/mol. The average molecular weight is 221 g/mol. The first-order valence-electron chi connectivity index (χ1n) is 4.99. The summed E-state index contributed by atoms with van der Waals surface area (Å²) in [4.78, 5) is 10.4. The van der Waals surface area contributed by atoms with Gasteiger partial charge in [-0.15, -0.1) is 0 Å². The molecule has 1 aromatic carbocycles. The fourth-order valence-corrected chi connectivity index (χ4v) is 1.37. The number of aryl methyl sites for hydroxylation is 1. The Balaban J connectivity index is 2.84. The molecule has 0 fully saturated rings. The maximum absolute atomic E-state index is 10.8. The second-order valence-electron chi connectivity index (χ2n) is 3.31. The van der Waals surface area contributed by atoms with Gasteiger partial charge < -0.3 is 11.1 Å². The summed E-state index contributed by atoms with van der Waals surface area (Å²) in [7, 11) is 0. The summed E-state index contributed by atoms with van der Waals surface area (Å²) >= 11 is 0. The third-order valence-corrected chi connectivity index (χ3v) is 2.15. The Labute approximate surface area is 94.1 Å². The zero-order valence-electron chi connectivity index (χ0n) is 9.14. The highest BCUT2D eigenvalue weighted by Gasteiger charge is 2.13. The van der Waals surface area contributed by atoms with Crippen LogP contribution in [0.5, 0.6) is 0 Å². The largest absolute Gasteiger partial charge is 0.376 e. The number of nitro benzene ring substituents is 1. The van der Waals surface area contributed by atoms with Crippen LogP contribution in [0.25, 0.3) is 0 Å². The van der Waals surface area contributed by atoms with Crippen LogP contribution in [0.1, 0.15) is 5.56 Å². The molecule has 0 aliphatic carbocycles. The Morgan fingerprint density at radius 3 is 2.88 bits per heavy atom. The number of rotatable bonds is 5. The Morgan fingerprint density at radius 1 is 1.50 bits per heavy atom. The number of nitrogens with two attached hydrogens (primary N) is 1. The van der Waals surface area contributed by atoms with Crippen LogP contribution in [-0.2, 0) is 0 Å². The van der Waals surface area contributed by atoms with Gasteiger partial charge in [-0.25, -0.2) is 0 Å². The predicted octanol–water partition coefficient (Wildman–Crippen LogP) is 1.83. The van der Waals surface area contributed by atoms with E-state index in [9.17, 15) is 10.1 Å². The first-order valence-corrected chi connectivity index (χ1v) is 4.99. The van der Waals surface area contributed by atoms with Gasteiger partial charge in [0.1, 0.15) is 5.69 Å². The summed E-state index contributed by atoms with van der Waals surface area (Å²) in [6.07, 6.45) is 3.65. The maximum Gasteiger partial charge on any atom is 0.292 e. The zero-order valence-corrected chi connectivity index (χ0v) is 9.14. The van der Waals surface area contributed by atoms with Crippen molar-refractivity contribution in [2.45, 2.75) is 6.92 Å². The molecule has 5 heteroatoms. The lowest BCUT2D eigenvalue weighted by Crippen LogP contribution is -2.04. The van der Waals surface area contributed by atoms with Crippen LogP contribution >= 0.6 is 0 Å². The Hall–Kier alpha value is -1.88. The topological polar surface area (TPSA) is 81.2 Å². The van der Waals surface area contributed by atoms with Crippen molar-refractivity contribution in [3.8, 4) is 0 Å². The molecule has 0 saturated heterocycles. The van der Waals surface area contributed by atoms with E-state index in [1.54, 1.807) is 12.1 Å². The van der Waals surface area contributed by atoms with Gasteiger partial charge in [0.15, 0.2) is 0 Å². The van der Waals surface area contributed by atoms with Gasteiger partial charge in [0, 0.05) is 19.2 Å². The first-order chi connectivity index (χ1) is 7.66. The molecule has 16 heavy (non-hydrogen) atoms. The molecule has 0 aliphatic heterocycles. The lowest BCUT2D eigenvalue weighted by molar-refractivity contribution is -0.384. The molecule has 0 aliphatic rings. The Morgan fingerprint density at radius 2 is 2.25 bits per heavy atom. The number of hydrogen-bond donors (Lipinski definition) is 2. The summed E-state index contributed by atoms with van der Waals surface area (Å²) in [6.45, 7) is 2.84. The number of hydrogen-bond acceptors (Lipinski definition) is 4. The van der Waals surface area contributed by atoms with Crippen LogP contribution in [0.4, 0.5) is 11.4 Å². The van der Waals surface area contributed by atoms with Gasteiger partial charge in [-0.05, 0) is 12.5 Å². The Kier molecular flexibility index (Phi) is 4.47. The minimum Gasteiger partial charge on any atom is -0.376 e. The number of para-hydroxylation sites is 1. The third kappa shape index (κ3) is 3.06. The van der Waals surface area contributed by atoms with Crippen molar-refractivity contribution in [2.24, 2.45) is 5.73 Å². The summed E-state index contributed by atoms with van der Waals surface area (Å²) in [5.41, 5.74) is 6.81. The van der Waals surface area contributed by atoms with Gasteiger partial charge in [0.2, 0.25) is 0 Å². The number of nitro groups is 1. The highest BCUT2D eigenvalue weighted by molar-refractivity contribution is 5.66. The second-order valence-corrected chi connectivity index (χ2v) is 3.31. The number of nitrogens with one attached hydrogen (secondary N) is 1. The summed E-state index contributed by atoms with van der Waals surface area (Å²) in [5.74, 6) is 0. The van der Waals surface area contributed by atoms with Crippen molar-refractivity contribution in [2.75, 3.05) is 18.4 Å². The molecular formula is C11H15N3O2. The molecule has 0 bridgehead atoms. The van der Waals surface area contributed by atoms with Crippen molar-refractivity contribution in [1.29, 1.82) is 0 Å². The first kappa shape index (κ1) is 12.2. The van der Waals surface area contributed by atoms with Gasteiger partial charge >= 0.3 is 0 Å². The fraction of sp³-hybridized carbons (Fsp3) is 0.273. The minimum atomic E-state index is -0.387. The maximum atomic E-state index is 10.8. The van der Waals surface area contributed by atoms with E-state index in [1.165, 1.54) is 6.07 Å². The van der Waals surface area contributed by atoms with Crippen molar-refractivity contribution in [3.63, 3.8) is 0 Å². The molecule has 3 N–H and O–H groups in total. The lowest BCUT2D eigenvalue weighted by atomic mass is 10.1. The molecule has 0 saturated carbocycles. The summed E-state index contributed by atoms with van der Waals surface area (Å²) < 4.78 is 0. The fourth-order valence-electron chi connectivity index (χ4n) is 1.37. The summed E-state index contributed by atoms with van der Waals surface area (Å²) in [6, 6.07) is 5.00. The van der Waals surface area contributed by atoms with Crippen molar-refractivity contribution < 1.29 is 4.92 Å². The molecule has 1 rings (SSSR count). The molecule has 0 aromatic heterocycles. The standard InChI is InChI=1S/C11H15N3O2/c1-9-5-4-6-10(14(15)16)11(9)13-8-3-2-7-12/h2-6,13H,7-8,12H2,1H3/b3-2+. The summed E-state index contributed by atoms with van der Waals surface area (Å²) in [5, 5.41) is 13.8. The highest BCUT2D eigenvalue weighted by Crippen LogP contribution is 2.27. The quantitative estimate of drug-likeness (QED) is 0.451. The van der Waals surface area contributed by atoms with Crippen LogP contribution in [0.2, 0.25) is 0 Å². The van der Waals surface area contributed by atoms with E-state index in [-0.39, 0.29) is 10.6 Å². The molecule has 1 aromatic rings. The molecule has 0 spiro atoms. The lowest BCUT2D eigenvalue weighted by Gasteiger charge is -2.07. The van der Waals surface area contributed by atoms with E-state index in [0.29, 0.717) is 18.8 Å². The molecular weight excluding hydrogens is 206 g/mol. The van der Waals surface area contributed by atoms with Gasteiger partial charge in [0.05, 0.1) is 4.92 Å². The molecule has 86 valence electrons. The van der Waals surface area contributed by atoms with Crippen molar-refractivity contribution in [1.82, 2.24) is 0 Å². The average Bonchev–Trinajstić information content (AvgIpc) is 2.25. The predicted molar refractivity (Wildman–Crippen MR) is 64.5 cm³/mol. The second kappa shape index (κ2) is 5.87. The molecule has 0 unspecified atom stereocenters. The van der Waals surface area contributed by atoms with Crippen LogP contribution < -0.4 is 11.1 Å². The van der Waals surface area contributed by atoms with Crippen LogP contribution in [0.3, 0.4) is 0 Å². The van der Waals surface area contributed by atoms with Gasteiger partial charge in [0.25, 0.3) is 5.69 Å². The molecule has 0 atom stereocenters. The van der Waals surface area contributed by atoms with E-state index in [0.717, 1.165) is 5.56 Å². The third-order valence-electron chi connectivity index (χ3n) is 2.15. The smallest absolute Gasteiger partial charge is 0.292 e. The molecule has 0 amide bonds. The van der Waals surface area contributed by atoms with E-state index in [4.69, 9.17) is 5.73 Å². The number of anilines is 1. The van der Waals surface area contributed by atoms with Crippen LogP contribution in [0.15, 0.2) is 30.4 Å². The normalized spacial score (nSPS) is 10.6. The van der Waals surface area contributed by atoms with Gasteiger partial charge in [-0.2, -0.15) is 0 Å². The van der Waals surface area contributed by atoms with Gasteiger partial charge in [-0.3, -0.25) is 10.1 Å². The van der Waals surface area contributed by atoms with E-state index in [1.807, 2.05) is 19.1 Å². The van der Waals surface area contributed by atoms with Crippen molar-refractivity contribution in [3.05, 3.63) is 46.0 Å². The van der Waals surface area contributed by atoms with Gasteiger partial charge in [-0.1, -0.05) is 24.3 Å². The SMILES string of the molecule is Cc1cccc([N+](=O)[O-])c1NC/C=C/CN. The molecule has 0 radical (unpaired) electrons. The highest BCUT2D eigenvalue weighted by atomic mass is 16.6. The molecule has 5 nitrogen and oxygen atoms in total. The molecule has 0 heterocycles.